The van der Waals surface area contributed by atoms with E-state index in [1.54, 1.807) is 26.1 Å². The Morgan fingerprint density at radius 3 is 2.56 bits per heavy atom. The molecule has 4 rings (SSSR count). The molecule has 3 aromatic heterocycles. The molecule has 3 heterocycles. The summed E-state index contributed by atoms with van der Waals surface area (Å²) in [5.74, 6) is 0.583. The first-order chi connectivity index (χ1) is 12.5. The van der Waals surface area contributed by atoms with Gasteiger partial charge in [0.25, 0.3) is 5.89 Å². The van der Waals surface area contributed by atoms with Crippen LogP contribution in [-0.4, -0.2) is 20.1 Å². The standard InChI is InChI=1S/C19H16FN5O.ClH/c1-10-4-6-13(8-16(10)20)24-17-14-7-5-11(2)22-18(14)21-9-15(17)19-23-12(3)25-26-19;/h4-9H,1-3H3,(H,21,22,24);1H. The minimum Gasteiger partial charge on any atom is -0.354 e. The molecule has 1 aromatic carbocycles. The predicted octanol–water partition coefficient (Wildman–Crippen LogP) is 4.91. The van der Waals surface area contributed by atoms with Gasteiger partial charge in [0.15, 0.2) is 11.5 Å². The summed E-state index contributed by atoms with van der Waals surface area (Å²) in [6.45, 7) is 5.37. The topological polar surface area (TPSA) is 76.7 Å². The lowest BCUT2D eigenvalue weighted by Crippen LogP contribution is -1.99. The number of anilines is 2. The molecule has 138 valence electrons. The maximum atomic E-state index is 14.0. The number of pyridine rings is 2. The maximum absolute atomic E-state index is 14.0. The minimum atomic E-state index is -0.280. The Balaban J connectivity index is 0.00000210. The molecular formula is C19H17ClFN5O. The number of hydrogen-bond donors (Lipinski definition) is 1. The van der Waals surface area contributed by atoms with Crippen molar-refractivity contribution < 1.29 is 8.91 Å². The first-order valence-corrected chi connectivity index (χ1v) is 8.11. The third-order valence-corrected chi connectivity index (χ3v) is 4.07. The van der Waals surface area contributed by atoms with Crippen molar-refractivity contribution in [1.82, 2.24) is 20.1 Å². The van der Waals surface area contributed by atoms with Gasteiger partial charge >= 0.3 is 0 Å². The summed E-state index contributed by atoms with van der Waals surface area (Å²) in [7, 11) is 0. The van der Waals surface area contributed by atoms with E-state index in [9.17, 15) is 4.39 Å². The molecule has 8 heteroatoms. The number of aromatic nitrogens is 4. The number of hydrogen-bond acceptors (Lipinski definition) is 6. The number of aryl methyl sites for hydroxylation is 3. The average molecular weight is 386 g/mol. The highest BCUT2D eigenvalue weighted by Crippen LogP contribution is 2.34. The zero-order valence-corrected chi connectivity index (χ0v) is 15.8. The van der Waals surface area contributed by atoms with Crippen molar-refractivity contribution >= 4 is 34.8 Å². The highest BCUT2D eigenvalue weighted by molar-refractivity contribution is 5.98. The molecule has 0 fully saturated rings. The number of nitrogens with one attached hydrogen (secondary N) is 1. The Labute approximate surface area is 161 Å². The first kappa shape index (κ1) is 18.7. The van der Waals surface area contributed by atoms with Crippen LogP contribution in [0.2, 0.25) is 0 Å². The van der Waals surface area contributed by atoms with Gasteiger partial charge in [-0.25, -0.2) is 14.4 Å². The Morgan fingerprint density at radius 2 is 1.85 bits per heavy atom. The van der Waals surface area contributed by atoms with E-state index < -0.39 is 0 Å². The van der Waals surface area contributed by atoms with Crippen LogP contribution in [0, 0.1) is 26.6 Å². The molecule has 0 bridgehead atoms. The summed E-state index contributed by atoms with van der Waals surface area (Å²) >= 11 is 0. The molecule has 1 N–H and O–H groups in total. The van der Waals surface area contributed by atoms with Gasteiger partial charge in [-0.2, -0.15) is 4.98 Å². The second-order valence-corrected chi connectivity index (χ2v) is 6.11. The summed E-state index contributed by atoms with van der Waals surface area (Å²) in [6.07, 6.45) is 1.63. The van der Waals surface area contributed by atoms with Crippen molar-refractivity contribution in [3.05, 3.63) is 59.4 Å². The van der Waals surface area contributed by atoms with Crippen molar-refractivity contribution in [1.29, 1.82) is 0 Å². The van der Waals surface area contributed by atoms with Gasteiger partial charge in [-0.1, -0.05) is 11.2 Å². The Morgan fingerprint density at radius 1 is 1.04 bits per heavy atom. The van der Waals surface area contributed by atoms with Crippen molar-refractivity contribution in [2.24, 2.45) is 0 Å². The molecule has 27 heavy (non-hydrogen) atoms. The molecule has 0 unspecified atom stereocenters. The van der Waals surface area contributed by atoms with Gasteiger partial charge < -0.3 is 9.84 Å². The van der Waals surface area contributed by atoms with E-state index in [1.807, 2.05) is 25.1 Å². The van der Waals surface area contributed by atoms with Crippen LogP contribution in [0.3, 0.4) is 0 Å². The smallest absolute Gasteiger partial charge is 0.261 e. The van der Waals surface area contributed by atoms with Crippen LogP contribution < -0.4 is 5.32 Å². The van der Waals surface area contributed by atoms with Crippen molar-refractivity contribution in [3.8, 4) is 11.5 Å². The van der Waals surface area contributed by atoms with Gasteiger partial charge in [-0.3, -0.25) is 0 Å². The number of halogens is 2. The summed E-state index contributed by atoms with van der Waals surface area (Å²) < 4.78 is 19.3. The number of nitrogens with zero attached hydrogens (tertiary/aromatic N) is 4. The fourth-order valence-electron chi connectivity index (χ4n) is 2.69. The van der Waals surface area contributed by atoms with Crippen LogP contribution in [0.5, 0.6) is 0 Å². The lowest BCUT2D eigenvalue weighted by molar-refractivity contribution is 0.425. The zero-order valence-electron chi connectivity index (χ0n) is 14.9. The normalized spacial score (nSPS) is 10.7. The van der Waals surface area contributed by atoms with Gasteiger partial charge in [-0.15, -0.1) is 12.4 Å². The summed E-state index contributed by atoms with van der Waals surface area (Å²) in [5.41, 5.74) is 3.96. The van der Waals surface area contributed by atoms with Crippen molar-refractivity contribution in [3.63, 3.8) is 0 Å². The molecule has 0 aliphatic carbocycles. The lowest BCUT2D eigenvalue weighted by atomic mass is 10.1. The van der Waals surface area contributed by atoms with Gasteiger partial charge in [0.2, 0.25) is 0 Å². The molecule has 0 saturated carbocycles. The van der Waals surface area contributed by atoms with E-state index in [0.717, 1.165) is 11.1 Å². The quantitative estimate of drug-likeness (QED) is 0.540. The lowest BCUT2D eigenvalue weighted by Gasteiger charge is -2.13. The highest BCUT2D eigenvalue weighted by Gasteiger charge is 2.17. The van der Waals surface area contributed by atoms with Crippen LogP contribution in [-0.2, 0) is 0 Å². The van der Waals surface area contributed by atoms with E-state index in [4.69, 9.17) is 4.52 Å². The molecule has 0 amide bonds. The fourth-order valence-corrected chi connectivity index (χ4v) is 2.69. The van der Waals surface area contributed by atoms with E-state index in [2.05, 4.69) is 25.4 Å². The average Bonchev–Trinajstić information content (AvgIpc) is 3.04. The molecule has 6 nitrogen and oxygen atoms in total. The molecule has 0 saturated heterocycles. The molecule has 0 spiro atoms. The minimum absolute atomic E-state index is 0. The largest absolute Gasteiger partial charge is 0.354 e. The van der Waals surface area contributed by atoms with Gasteiger partial charge in [0.05, 0.1) is 11.3 Å². The summed E-state index contributed by atoms with van der Waals surface area (Å²) in [6, 6.07) is 8.80. The SMILES string of the molecule is Cc1ccc2c(Nc3ccc(C)c(F)c3)c(-c3nc(C)no3)cnc2n1.Cl. The maximum Gasteiger partial charge on any atom is 0.261 e. The van der Waals surface area contributed by atoms with E-state index in [-0.39, 0.29) is 18.2 Å². The number of rotatable bonds is 3. The van der Waals surface area contributed by atoms with Crippen LogP contribution in [0.1, 0.15) is 17.1 Å². The third kappa shape index (κ3) is 3.59. The van der Waals surface area contributed by atoms with Crippen LogP contribution in [0.15, 0.2) is 41.1 Å². The Hall–Kier alpha value is -3.06. The van der Waals surface area contributed by atoms with E-state index in [0.29, 0.717) is 39.9 Å². The van der Waals surface area contributed by atoms with Crippen molar-refractivity contribution in [2.75, 3.05) is 5.32 Å². The Kier molecular flexibility index (Phi) is 5.05. The van der Waals surface area contributed by atoms with E-state index >= 15 is 0 Å². The highest BCUT2D eigenvalue weighted by atomic mass is 35.5. The molecule has 0 atom stereocenters. The van der Waals surface area contributed by atoms with Crippen molar-refractivity contribution in [2.45, 2.75) is 20.8 Å². The van der Waals surface area contributed by atoms with Gasteiger partial charge in [-0.05, 0) is 50.6 Å². The third-order valence-electron chi connectivity index (χ3n) is 4.07. The molecule has 0 aliphatic heterocycles. The summed E-state index contributed by atoms with van der Waals surface area (Å²) in [5, 5.41) is 7.89. The molecule has 0 radical (unpaired) electrons. The van der Waals surface area contributed by atoms with E-state index in [1.165, 1.54) is 6.07 Å². The first-order valence-electron chi connectivity index (χ1n) is 8.11. The van der Waals surface area contributed by atoms with Crippen LogP contribution in [0.4, 0.5) is 15.8 Å². The predicted molar refractivity (Wildman–Crippen MR) is 104 cm³/mol. The van der Waals surface area contributed by atoms with Gasteiger partial charge in [0, 0.05) is 23.0 Å². The number of benzene rings is 1. The zero-order chi connectivity index (χ0) is 18.3. The summed E-state index contributed by atoms with van der Waals surface area (Å²) in [4.78, 5) is 13.2. The second kappa shape index (κ2) is 7.28. The number of fused-ring (bicyclic) bond motifs is 1. The molecule has 0 aliphatic rings. The monoisotopic (exact) mass is 385 g/mol. The second-order valence-electron chi connectivity index (χ2n) is 6.11. The fraction of sp³-hybridized carbons (Fsp3) is 0.158. The molecule has 4 aromatic rings. The van der Waals surface area contributed by atoms with Gasteiger partial charge in [0.1, 0.15) is 5.82 Å². The van der Waals surface area contributed by atoms with Crippen LogP contribution >= 0.6 is 12.4 Å². The van der Waals surface area contributed by atoms with Crippen LogP contribution in [0.25, 0.3) is 22.5 Å². The Bertz CT molecular complexity index is 1130. The molecular weight excluding hydrogens is 369 g/mol.